The van der Waals surface area contributed by atoms with Gasteiger partial charge in [0.1, 0.15) is 0 Å². The van der Waals surface area contributed by atoms with E-state index in [1.165, 1.54) is 0 Å². The maximum atomic E-state index is 10.9. The number of para-hydroxylation sites is 1. The average Bonchev–Trinajstić information content (AvgIpc) is 2.26. The summed E-state index contributed by atoms with van der Waals surface area (Å²) in [7, 11) is 0. The molecule has 0 spiro atoms. The number of carbonyl (C=O) groups excluding carboxylic acids is 1. The van der Waals surface area contributed by atoms with Crippen molar-refractivity contribution < 1.29 is 4.79 Å². The number of pyridine rings is 1. The number of fused-ring (bicyclic) bond motifs is 1. The summed E-state index contributed by atoms with van der Waals surface area (Å²) in [5.41, 5.74) is 13.9. The van der Waals surface area contributed by atoms with Gasteiger partial charge in [0.25, 0.3) is 0 Å². The van der Waals surface area contributed by atoms with E-state index in [-0.39, 0.29) is 12.5 Å². The standard InChI is InChI=1S/C13H15N3O/c1-8-6-10(11(14)7-13(15)17)9-4-2-3-5-12(9)16-8/h2-6,11H,7,14H2,1H3,(H2,15,17)/t11-/m1/s1. The van der Waals surface area contributed by atoms with Gasteiger partial charge in [0.05, 0.1) is 5.52 Å². The van der Waals surface area contributed by atoms with Gasteiger partial charge in [0.2, 0.25) is 5.91 Å². The lowest BCUT2D eigenvalue weighted by atomic mass is 9.99. The number of hydrogen-bond donors (Lipinski definition) is 2. The highest BCUT2D eigenvalue weighted by molar-refractivity contribution is 5.84. The Kier molecular flexibility index (Phi) is 3.06. The molecule has 0 saturated heterocycles. The molecule has 2 rings (SSSR count). The summed E-state index contributed by atoms with van der Waals surface area (Å²) in [6, 6.07) is 9.29. The third-order valence-electron chi connectivity index (χ3n) is 2.70. The minimum atomic E-state index is -0.393. The minimum Gasteiger partial charge on any atom is -0.370 e. The van der Waals surface area contributed by atoms with E-state index in [9.17, 15) is 4.79 Å². The number of nitrogens with two attached hydrogens (primary N) is 2. The number of amides is 1. The molecule has 1 aromatic heterocycles. The molecule has 88 valence electrons. The van der Waals surface area contributed by atoms with E-state index in [1.54, 1.807) is 0 Å². The van der Waals surface area contributed by atoms with Gasteiger partial charge in [-0.25, -0.2) is 0 Å². The molecule has 0 bridgehead atoms. The Balaban J connectivity index is 2.55. The Hall–Kier alpha value is -1.94. The zero-order valence-corrected chi connectivity index (χ0v) is 9.68. The monoisotopic (exact) mass is 229 g/mol. The summed E-state index contributed by atoms with van der Waals surface area (Å²) < 4.78 is 0. The van der Waals surface area contributed by atoms with Gasteiger partial charge in [-0.1, -0.05) is 18.2 Å². The number of benzene rings is 1. The van der Waals surface area contributed by atoms with Gasteiger partial charge in [-0.3, -0.25) is 9.78 Å². The molecule has 1 amide bonds. The van der Waals surface area contributed by atoms with Crippen molar-refractivity contribution in [3.63, 3.8) is 0 Å². The van der Waals surface area contributed by atoms with Gasteiger partial charge in [0, 0.05) is 23.5 Å². The molecule has 0 unspecified atom stereocenters. The summed E-state index contributed by atoms with van der Waals surface area (Å²) in [5.74, 6) is -0.393. The Morgan fingerprint density at radius 1 is 1.41 bits per heavy atom. The van der Waals surface area contributed by atoms with Gasteiger partial charge in [-0.05, 0) is 24.6 Å². The highest BCUT2D eigenvalue weighted by atomic mass is 16.1. The van der Waals surface area contributed by atoms with Crippen molar-refractivity contribution in [2.45, 2.75) is 19.4 Å². The predicted molar refractivity (Wildman–Crippen MR) is 67.2 cm³/mol. The first-order valence-electron chi connectivity index (χ1n) is 5.48. The largest absolute Gasteiger partial charge is 0.370 e. The van der Waals surface area contributed by atoms with Crippen molar-refractivity contribution in [1.82, 2.24) is 4.98 Å². The van der Waals surface area contributed by atoms with E-state index in [0.717, 1.165) is 22.2 Å². The molecule has 0 saturated carbocycles. The second-order valence-electron chi connectivity index (χ2n) is 4.15. The van der Waals surface area contributed by atoms with Gasteiger partial charge in [0.15, 0.2) is 0 Å². The van der Waals surface area contributed by atoms with Crippen LogP contribution in [0.15, 0.2) is 30.3 Å². The molecule has 1 heterocycles. The van der Waals surface area contributed by atoms with Gasteiger partial charge >= 0.3 is 0 Å². The number of carbonyl (C=O) groups is 1. The molecule has 4 nitrogen and oxygen atoms in total. The molecule has 17 heavy (non-hydrogen) atoms. The van der Waals surface area contributed by atoms with Crippen LogP contribution >= 0.6 is 0 Å². The highest BCUT2D eigenvalue weighted by Crippen LogP contribution is 2.24. The van der Waals surface area contributed by atoms with E-state index in [4.69, 9.17) is 11.5 Å². The van der Waals surface area contributed by atoms with Crippen molar-refractivity contribution in [3.05, 3.63) is 41.6 Å². The molecule has 4 N–H and O–H groups in total. The molecular formula is C13H15N3O. The first kappa shape index (κ1) is 11.5. The van der Waals surface area contributed by atoms with Gasteiger partial charge in [-0.15, -0.1) is 0 Å². The number of primary amides is 1. The molecule has 0 aliphatic carbocycles. The quantitative estimate of drug-likeness (QED) is 0.835. The molecule has 0 aliphatic rings. The minimum absolute atomic E-state index is 0.146. The second-order valence-corrected chi connectivity index (χ2v) is 4.15. The molecule has 0 fully saturated rings. The number of aromatic nitrogens is 1. The third kappa shape index (κ3) is 2.42. The number of rotatable bonds is 3. The van der Waals surface area contributed by atoms with Crippen LogP contribution < -0.4 is 11.5 Å². The van der Waals surface area contributed by atoms with Crippen LogP contribution in [0.2, 0.25) is 0 Å². The van der Waals surface area contributed by atoms with E-state index in [2.05, 4.69) is 4.98 Å². The Morgan fingerprint density at radius 2 is 2.12 bits per heavy atom. The molecule has 4 heteroatoms. The number of aryl methyl sites for hydroxylation is 1. The van der Waals surface area contributed by atoms with Crippen molar-refractivity contribution in [2.24, 2.45) is 11.5 Å². The van der Waals surface area contributed by atoms with Crippen LogP contribution in [0.4, 0.5) is 0 Å². The Morgan fingerprint density at radius 3 is 2.82 bits per heavy atom. The maximum Gasteiger partial charge on any atom is 0.219 e. The van der Waals surface area contributed by atoms with Crippen molar-refractivity contribution in [2.75, 3.05) is 0 Å². The lowest BCUT2D eigenvalue weighted by molar-refractivity contribution is -0.118. The zero-order chi connectivity index (χ0) is 12.4. The topological polar surface area (TPSA) is 82.0 Å². The van der Waals surface area contributed by atoms with Crippen molar-refractivity contribution >= 4 is 16.8 Å². The fourth-order valence-corrected chi connectivity index (χ4v) is 1.97. The molecule has 1 atom stereocenters. The first-order chi connectivity index (χ1) is 8.08. The van der Waals surface area contributed by atoms with Crippen LogP contribution in [0.25, 0.3) is 10.9 Å². The Labute approximate surface area is 99.6 Å². The van der Waals surface area contributed by atoms with E-state index >= 15 is 0 Å². The summed E-state index contributed by atoms with van der Waals surface area (Å²) in [6.45, 7) is 1.91. The highest BCUT2D eigenvalue weighted by Gasteiger charge is 2.13. The molecule has 0 radical (unpaired) electrons. The second kappa shape index (κ2) is 4.51. The summed E-state index contributed by atoms with van der Waals surface area (Å²) in [5, 5.41) is 0.979. The zero-order valence-electron chi connectivity index (χ0n) is 9.68. The molecule has 2 aromatic rings. The Bertz CT molecular complexity index is 566. The van der Waals surface area contributed by atoms with Crippen LogP contribution in [-0.4, -0.2) is 10.9 Å². The lowest BCUT2D eigenvalue weighted by Gasteiger charge is -2.13. The summed E-state index contributed by atoms with van der Waals surface area (Å²) in [4.78, 5) is 15.4. The predicted octanol–water partition coefficient (Wildman–Crippen LogP) is 1.42. The van der Waals surface area contributed by atoms with E-state index in [1.807, 2.05) is 37.3 Å². The van der Waals surface area contributed by atoms with Crippen molar-refractivity contribution in [3.8, 4) is 0 Å². The third-order valence-corrected chi connectivity index (χ3v) is 2.70. The molecule has 0 aliphatic heterocycles. The van der Waals surface area contributed by atoms with E-state index in [0.29, 0.717) is 0 Å². The van der Waals surface area contributed by atoms with Gasteiger partial charge < -0.3 is 11.5 Å². The molecular weight excluding hydrogens is 214 g/mol. The van der Waals surface area contributed by atoms with Crippen LogP contribution in [-0.2, 0) is 4.79 Å². The average molecular weight is 229 g/mol. The maximum absolute atomic E-state index is 10.9. The number of hydrogen-bond acceptors (Lipinski definition) is 3. The van der Waals surface area contributed by atoms with Crippen LogP contribution in [0, 0.1) is 6.92 Å². The number of nitrogens with zero attached hydrogens (tertiary/aromatic N) is 1. The lowest BCUT2D eigenvalue weighted by Crippen LogP contribution is -2.21. The smallest absolute Gasteiger partial charge is 0.219 e. The molecule has 1 aromatic carbocycles. The van der Waals surface area contributed by atoms with Crippen LogP contribution in [0.5, 0.6) is 0 Å². The SMILES string of the molecule is Cc1cc([C@H](N)CC(N)=O)c2ccccc2n1. The van der Waals surface area contributed by atoms with Crippen molar-refractivity contribution in [1.29, 1.82) is 0 Å². The van der Waals surface area contributed by atoms with Crippen LogP contribution in [0.1, 0.15) is 23.7 Å². The fourth-order valence-electron chi connectivity index (χ4n) is 1.97. The van der Waals surface area contributed by atoms with Crippen LogP contribution in [0.3, 0.4) is 0 Å². The van der Waals surface area contributed by atoms with E-state index < -0.39 is 5.91 Å². The first-order valence-corrected chi connectivity index (χ1v) is 5.48. The summed E-state index contributed by atoms with van der Waals surface area (Å²) >= 11 is 0. The normalized spacial score (nSPS) is 12.6. The summed E-state index contributed by atoms with van der Waals surface area (Å²) in [6.07, 6.45) is 0.146. The fraction of sp³-hybridized carbons (Fsp3) is 0.231. The van der Waals surface area contributed by atoms with Gasteiger partial charge in [-0.2, -0.15) is 0 Å².